The lowest BCUT2D eigenvalue weighted by Crippen LogP contribution is -2.30. The number of hydrogen-bond acceptors (Lipinski definition) is 15. The average molecular weight is 1400 g/mol. The van der Waals surface area contributed by atoms with Crippen LogP contribution in [0.3, 0.4) is 0 Å². The molecule has 5 atom stereocenters. The lowest BCUT2D eigenvalue weighted by Gasteiger charge is -2.21. The van der Waals surface area contributed by atoms with E-state index in [0.29, 0.717) is 25.7 Å². The number of hydrogen-bond donors (Lipinski definition) is 3. The van der Waals surface area contributed by atoms with Gasteiger partial charge >= 0.3 is 39.5 Å². The monoisotopic (exact) mass is 1390 g/mol. The van der Waals surface area contributed by atoms with E-state index in [0.717, 1.165) is 180 Å². The van der Waals surface area contributed by atoms with Crippen molar-refractivity contribution in [2.45, 2.75) is 341 Å². The molecule has 556 valence electrons. The zero-order valence-electron chi connectivity index (χ0n) is 60.5. The van der Waals surface area contributed by atoms with Crippen LogP contribution in [0.4, 0.5) is 0 Å². The van der Waals surface area contributed by atoms with Gasteiger partial charge in [0.2, 0.25) is 0 Å². The van der Waals surface area contributed by atoms with Crippen LogP contribution < -0.4 is 0 Å². The summed E-state index contributed by atoms with van der Waals surface area (Å²) in [5.41, 5.74) is 0. The molecule has 0 saturated carbocycles. The minimum Gasteiger partial charge on any atom is -0.462 e. The van der Waals surface area contributed by atoms with Gasteiger partial charge in [0.25, 0.3) is 0 Å². The molecule has 0 aliphatic heterocycles. The van der Waals surface area contributed by atoms with Crippen LogP contribution in [0.2, 0.25) is 0 Å². The van der Waals surface area contributed by atoms with E-state index in [9.17, 15) is 43.2 Å². The molecular formula is C77H136O17P2. The molecule has 0 aromatic rings. The van der Waals surface area contributed by atoms with Gasteiger partial charge in [-0.1, -0.05) is 273 Å². The van der Waals surface area contributed by atoms with Crippen LogP contribution in [0, 0.1) is 0 Å². The highest BCUT2D eigenvalue weighted by molar-refractivity contribution is 7.47. The van der Waals surface area contributed by atoms with Gasteiger partial charge in [-0.3, -0.25) is 37.3 Å². The maximum absolute atomic E-state index is 13.1. The number of rotatable bonds is 71. The molecule has 0 radical (unpaired) electrons. The summed E-state index contributed by atoms with van der Waals surface area (Å²) in [6.07, 6.45) is 70.1. The number of carbonyl (C=O) groups is 4. The van der Waals surface area contributed by atoms with Crippen molar-refractivity contribution in [1.29, 1.82) is 0 Å². The summed E-state index contributed by atoms with van der Waals surface area (Å²) in [4.78, 5) is 72.7. The zero-order chi connectivity index (χ0) is 70.4. The molecule has 0 rings (SSSR count). The quantitative estimate of drug-likeness (QED) is 0.0169. The molecule has 0 aromatic heterocycles. The van der Waals surface area contributed by atoms with Gasteiger partial charge < -0.3 is 33.8 Å². The minimum atomic E-state index is -4.97. The second kappa shape index (κ2) is 69.7. The summed E-state index contributed by atoms with van der Waals surface area (Å²) in [5.74, 6) is -2.20. The van der Waals surface area contributed by atoms with E-state index < -0.39 is 97.5 Å². The van der Waals surface area contributed by atoms with E-state index in [2.05, 4.69) is 113 Å². The fourth-order valence-corrected chi connectivity index (χ4v) is 11.6. The summed E-state index contributed by atoms with van der Waals surface area (Å²) in [6, 6.07) is 0. The molecule has 19 heteroatoms. The number of esters is 4. The van der Waals surface area contributed by atoms with Crippen LogP contribution in [0.15, 0.2) is 85.1 Å². The number of aliphatic hydroxyl groups is 1. The van der Waals surface area contributed by atoms with Crippen molar-refractivity contribution in [3.8, 4) is 0 Å². The van der Waals surface area contributed by atoms with Crippen LogP contribution in [-0.2, 0) is 65.4 Å². The topological polar surface area (TPSA) is 237 Å². The number of allylic oxidation sites excluding steroid dienone is 14. The summed E-state index contributed by atoms with van der Waals surface area (Å²) >= 11 is 0. The van der Waals surface area contributed by atoms with Gasteiger partial charge in [-0.2, -0.15) is 0 Å². The first-order valence-electron chi connectivity index (χ1n) is 37.8. The van der Waals surface area contributed by atoms with Gasteiger partial charge in [0.15, 0.2) is 12.2 Å². The first-order valence-corrected chi connectivity index (χ1v) is 40.8. The molecule has 0 aliphatic rings. The molecule has 5 unspecified atom stereocenters. The lowest BCUT2D eigenvalue weighted by molar-refractivity contribution is -0.161. The number of phosphoric acid groups is 2. The van der Waals surface area contributed by atoms with Crippen molar-refractivity contribution in [2.75, 3.05) is 39.6 Å². The number of aliphatic hydroxyl groups excluding tert-OH is 1. The van der Waals surface area contributed by atoms with Crippen molar-refractivity contribution >= 4 is 39.5 Å². The first-order chi connectivity index (χ1) is 46.7. The highest BCUT2D eigenvalue weighted by atomic mass is 31.2. The number of ether oxygens (including phenoxy) is 4. The molecule has 3 N–H and O–H groups in total. The second-order valence-corrected chi connectivity index (χ2v) is 28.1. The zero-order valence-corrected chi connectivity index (χ0v) is 62.3. The maximum Gasteiger partial charge on any atom is 0.472 e. The van der Waals surface area contributed by atoms with E-state index in [-0.39, 0.29) is 25.7 Å². The summed E-state index contributed by atoms with van der Waals surface area (Å²) < 4.78 is 68.4. The van der Waals surface area contributed by atoms with Gasteiger partial charge in [-0.25, -0.2) is 9.13 Å². The Morgan fingerprint density at radius 1 is 0.302 bits per heavy atom. The number of phosphoric ester groups is 2. The smallest absolute Gasteiger partial charge is 0.462 e. The Labute approximate surface area is 583 Å². The Balaban J connectivity index is 5.30. The second-order valence-electron chi connectivity index (χ2n) is 25.2. The molecule has 0 spiro atoms. The van der Waals surface area contributed by atoms with Crippen LogP contribution in [0.25, 0.3) is 0 Å². The predicted molar refractivity (Wildman–Crippen MR) is 390 cm³/mol. The van der Waals surface area contributed by atoms with Crippen molar-refractivity contribution in [3.05, 3.63) is 85.1 Å². The Morgan fingerprint density at radius 2 is 0.573 bits per heavy atom. The largest absolute Gasteiger partial charge is 0.472 e. The van der Waals surface area contributed by atoms with Crippen LogP contribution in [-0.4, -0.2) is 96.7 Å². The van der Waals surface area contributed by atoms with E-state index in [1.807, 2.05) is 0 Å². The Hall–Kier alpha value is -3.76. The molecule has 0 amide bonds. The normalized spacial score (nSPS) is 14.4. The van der Waals surface area contributed by atoms with Gasteiger partial charge in [0.05, 0.1) is 26.4 Å². The van der Waals surface area contributed by atoms with Crippen molar-refractivity contribution in [1.82, 2.24) is 0 Å². The predicted octanol–water partition coefficient (Wildman–Crippen LogP) is 21.4. The van der Waals surface area contributed by atoms with E-state index in [1.165, 1.54) is 64.2 Å². The molecule has 0 aliphatic carbocycles. The van der Waals surface area contributed by atoms with Crippen molar-refractivity contribution in [2.24, 2.45) is 0 Å². The van der Waals surface area contributed by atoms with Crippen molar-refractivity contribution in [3.63, 3.8) is 0 Å². The minimum absolute atomic E-state index is 0.0831. The molecule has 96 heavy (non-hydrogen) atoms. The average Bonchev–Trinajstić information content (AvgIpc) is 1.17. The standard InChI is InChI=1S/C77H136O17P2/c1-5-9-13-17-21-25-29-32-33-34-35-36-37-40-43-46-50-54-58-62-75(80)88-68-73(94-77(82)64-60-56-52-48-44-39-31-27-23-19-15-11-7-3)70-92-96(85,86)90-66-71(78)65-89-95(83,84)91-69-72(93-76(81)63-59-55-51-47-41-28-24-20-16-12-8-4)67-87-74(79)61-57-53-49-45-42-38-30-26-22-18-14-10-6-2/h9,13-14,18,20-21,24-26,30,32-33,35-36,71-73,78H,5-8,10-12,15-17,19,22-23,27-29,31,34,37-70H2,1-4H3,(H,83,84)(H,85,86)/b13-9-,18-14-,24-20-,25-21-,30-26-,33-32-,36-35-. The van der Waals surface area contributed by atoms with E-state index >= 15 is 0 Å². The van der Waals surface area contributed by atoms with Gasteiger partial charge in [-0.05, 0) is 109 Å². The third kappa shape index (κ3) is 68.8. The molecule has 0 saturated heterocycles. The Morgan fingerprint density at radius 3 is 0.917 bits per heavy atom. The highest BCUT2D eigenvalue weighted by Gasteiger charge is 2.30. The first kappa shape index (κ1) is 92.2. The SMILES string of the molecule is CC/C=C\C/C=C\C/C=C\C/C=C\CCCCCCCCC(=O)OCC(COP(=O)(O)OCC(O)COP(=O)(O)OCC(COC(=O)CCCCCCC/C=C\C/C=C\CCC)OC(=O)CCCCCCC/C=C\CCCC)OC(=O)CCCCCCCCCCCCCCC. The van der Waals surface area contributed by atoms with Gasteiger partial charge in [0.1, 0.15) is 19.3 Å². The maximum atomic E-state index is 13.1. The lowest BCUT2D eigenvalue weighted by atomic mass is 10.0. The van der Waals surface area contributed by atoms with Gasteiger partial charge in [0, 0.05) is 25.7 Å². The molecule has 0 fully saturated rings. The van der Waals surface area contributed by atoms with E-state index in [4.69, 9.17) is 37.0 Å². The Bertz CT molecular complexity index is 2160. The summed E-state index contributed by atoms with van der Waals surface area (Å²) in [6.45, 7) is 4.64. The van der Waals surface area contributed by atoms with Crippen LogP contribution >= 0.6 is 15.6 Å². The third-order valence-electron chi connectivity index (χ3n) is 15.8. The fourth-order valence-electron chi connectivity index (χ4n) is 10.1. The summed E-state index contributed by atoms with van der Waals surface area (Å²) in [7, 11) is -9.94. The van der Waals surface area contributed by atoms with Gasteiger partial charge in [-0.15, -0.1) is 0 Å². The van der Waals surface area contributed by atoms with Crippen LogP contribution in [0.1, 0.15) is 323 Å². The molecule has 17 nitrogen and oxygen atoms in total. The third-order valence-corrected chi connectivity index (χ3v) is 17.7. The highest BCUT2D eigenvalue weighted by Crippen LogP contribution is 2.45. The number of unbranched alkanes of at least 4 members (excludes halogenated alkanes) is 31. The van der Waals surface area contributed by atoms with Crippen LogP contribution in [0.5, 0.6) is 0 Å². The van der Waals surface area contributed by atoms with Crippen molar-refractivity contribution < 1.29 is 80.2 Å². The summed E-state index contributed by atoms with van der Waals surface area (Å²) in [5, 5.41) is 10.6. The molecular weight excluding hydrogens is 1260 g/mol. The molecule has 0 bridgehead atoms. The molecule has 0 aromatic carbocycles. The fraction of sp³-hybridized carbons (Fsp3) is 0.766. The molecule has 0 heterocycles. The Kier molecular flexibility index (Phi) is 67.0. The van der Waals surface area contributed by atoms with E-state index in [1.54, 1.807) is 0 Å². The number of carbonyl (C=O) groups excluding carboxylic acids is 4.